The molecular formula is C7H14O4. The molecule has 0 spiro atoms. The van der Waals surface area contributed by atoms with Crippen molar-refractivity contribution >= 4 is 0 Å². The van der Waals surface area contributed by atoms with E-state index >= 15 is 0 Å². The fourth-order valence-electron chi connectivity index (χ4n) is 1.19. The van der Waals surface area contributed by atoms with Crippen LogP contribution in [0.4, 0.5) is 0 Å². The number of aliphatic hydroxyl groups is 3. The molecule has 0 aromatic rings. The lowest BCUT2D eigenvalue weighted by atomic mass is 9.94. The molecule has 0 aromatic heterocycles. The van der Waals surface area contributed by atoms with Gasteiger partial charge in [0.2, 0.25) is 0 Å². The van der Waals surface area contributed by atoms with Crippen LogP contribution >= 0.6 is 0 Å². The van der Waals surface area contributed by atoms with Crippen molar-refractivity contribution < 1.29 is 20.1 Å². The van der Waals surface area contributed by atoms with E-state index in [1.807, 2.05) is 0 Å². The summed E-state index contributed by atoms with van der Waals surface area (Å²) >= 11 is 0. The standard InChI is InChI=1S/C7H14O4/c1-4-3-11-5(2-8)7(10)6(4)9/h4-10H,2-3H2,1H3/t4-,5-,6-,7-/m1/s1. The van der Waals surface area contributed by atoms with E-state index in [4.69, 9.17) is 9.84 Å². The van der Waals surface area contributed by atoms with E-state index in [2.05, 4.69) is 0 Å². The lowest BCUT2D eigenvalue weighted by molar-refractivity contribution is -0.170. The van der Waals surface area contributed by atoms with Gasteiger partial charge in [0.15, 0.2) is 0 Å². The first-order valence-electron chi connectivity index (χ1n) is 3.75. The quantitative estimate of drug-likeness (QED) is 0.450. The smallest absolute Gasteiger partial charge is 0.109 e. The fraction of sp³-hybridized carbons (Fsp3) is 1.00. The van der Waals surface area contributed by atoms with E-state index in [0.29, 0.717) is 6.61 Å². The maximum absolute atomic E-state index is 9.31. The molecule has 1 fully saturated rings. The minimum Gasteiger partial charge on any atom is -0.394 e. The number of ether oxygens (including phenoxy) is 1. The first kappa shape index (κ1) is 8.93. The summed E-state index contributed by atoms with van der Waals surface area (Å²) in [4.78, 5) is 0. The van der Waals surface area contributed by atoms with Crippen LogP contribution in [-0.4, -0.2) is 46.8 Å². The molecule has 0 saturated carbocycles. The van der Waals surface area contributed by atoms with E-state index in [-0.39, 0.29) is 12.5 Å². The number of hydrogen-bond acceptors (Lipinski definition) is 4. The average Bonchev–Trinajstić information content (AvgIpc) is 2.01. The third-order valence-corrected chi connectivity index (χ3v) is 2.07. The van der Waals surface area contributed by atoms with Crippen LogP contribution in [0, 0.1) is 5.92 Å². The zero-order valence-electron chi connectivity index (χ0n) is 6.47. The Bertz CT molecular complexity index is 126. The van der Waals surface area contributed by atoms with Crippen LogP contribution in [0.15, 0.2) is 0 Å². The van der Waals surface area contributed by atoms with Gasteiger partial charge in [0.1, 0.15) is 12.2 Å². The maximum Gasteiger partial charge on any atom is 0.109 e. The summed E-state index contributed by atoms with van der Waals surface area (Å²) in [5.74, 6) is -0.0622. The molecule has 0 bridgehead atoms. The maximum atomic E-state index is 9.31. The predicted molar refractivity (Wildman–Crippen MR) is 38.0 cm³/mol. The highest BCUT2D eigenvalue weighted by Gasteiger charge is 2.35. The van der Waals surface area contributed by atoms with Crippen LogP contribution in [-0.2, 0) is 4.74 Å². The van der Waals surface area contributed by atoms with E-state index in [1.165, 1.54) is 0 Å². The Morgan fingerprint density at radius 2 is 2.00 bits per heavy atom. The Kier molecular flexibility index (Phi) is 2.84. The van der Waals surface area contributed by atoms with E-state index in [9.17, 15) is 10.2 Å². The molecule has 4 nitrogen and oxygen atoms in total. The molecule has 0 radical (unpaired) electrons. The molecule has 4 atom stereocenters. The average molecular weight is 162 g/mol. The normalized spacial score (nSPS) is 45.8. The van der Waals surface area contributed by atoms with Gasteiger partial charge in [-0.25, -0.2) is 0 Å². The fourth-order valence-corrected chi connectivity index (χ4v) is 1.19. The van der Waals surface area contributed by atoms with Gasteiger partial charge >= 0.3 is 0 Å². The Morgan fingerprint density at radius 3 is 2.55 bits per heavy atom. The number of aliphatic hydroxyl groups excluding tert-OH is 3. The molecule has 1 rings (SSSR count). The van der Waals surface area contributed by atoms with Crippen LogP contribution in [0.3, 0.4) is 0 Å². The van der Waals surface area contributed by atoms with Crippen molar-refractivity contribution in [3.63, 3.8) is 0 Å². The number of rotatable bonds is 1. The molecule has 0 aromatic carbocycles. The zero-order chi connectivity index (χ0) is 8.43. The lowest BCUT2D eigenvalue weighted by Gasteiger charge is -2.35. The van der Waals surface area contributed by atoms with Gasteiger partial charge in [-0.05, 0) is 0 Å². The van der Waals surface area contributed by atoms with Gasteiger partial charge in [0, 0.05) is 5.92 Å². The third-order valence-electron chi connectivity index (χ3n) is 2.07. The Balaban J connectivity index is 2.52. The Hall–Kier alpha value is -0.160. The Labute approximate surface area is 65.4 Å². The predicted octanol–water partition coefficient (Wildman–Crippen LogP) is -1.26. The monoisotopic (exact) mass is 162 g/mol. The highest BCUT2D eigenvalue weighted by molar-refractivity contribution is 4.84. The molecular weight excluding hydrogens is 148 g/mol. The Morgan fingerprint density at radius 1 is 1.36 bits per heavy atom. The van der Waals surface area contributed by atoms with E-state index in [0.717, 1.165) is 0 Å². The van der Waals surface area contributed by atoms with Gasteiger partial charge in [-0.1, -0.05) is 6.92 Å². The van der Waals surface area contributed by atoms with Crippen molar-refractivity contribution in [1.29, 1.82) is 0 Å². The second kappa shape index (κ2) is 3.49. The van der Waals surface area contributed by atoms with Crippen molar-refractivity contribution in [1.82, 2.24) is 0 Å². The van der Waals surface area contributed by atoms with E-state index < -0.39 is 18.3 Å². The van der Waals surface area contributed by atoms with Crippen LogP contribution in [0.5, 0.6) is 0 Å². The second-order valence-corrected chi connectivity index (χ2v) is 3.01. The second-order valence-electron chi connectivity index (χ2n) is 3.01. The SMILES string of the molecule is C[C@@H]1CO[C@H](CO)[C@@H](O)[C@@H]1O. The van der Waals surface area contributed by atoms with Crippen LogP contribution in [0.25, 0.3) is 0 Å². The summed E-state index contributed by atoms with van der Waals surface area (Å²) in [7, 11) is 0. The largest absolute Gasteiger partial charge is 0.394 e. The molecule has 1 heterocycles. The first-order chi connectivity index (χ1) is 5.16. The van der Waals surface area contributed by atoms with Crippen molar-refractivity contribution in [2.45, 2.75) is 25.2 Å². The first-order valence-corrected chi connectivity index (χ1v) is 3.75. The topological polar surface area (TPSA) is 69.9 Å². The van der Waals surface area contributed by atoms with Gasteiger partial charge in [0.25, 0.3) is 0 Å². The van der Waals surface area contributed by atoms with Crippen molar-refractivity contribution in [2.75, 3.05) is 13.2 Å². The molecule has 0 unspecified atom stereocenters. The van der Waals surface area contributed by atoms with Gasteiger partial charge in [-0.2, -0.15) is 0 Å². The highest BCUT2D eigenvalue weighted by atomic mass is 16.5. The molecule has 1 aliphatic heterocycles. The summed E-state index contributed by atoms with van der Waals surface area (Å²) in [6.45, 7) is 1.94. The number of hydrogen-bond donors (Lipinski definition) is 3. The van der Waals surface area contributed by atoms with Crippen LogP contribution in [0.2, 0.25) is 0 Å². The summed E-state index contributed by atoms with van der Waals surface area (Å²) in [5, 5.41) is 27.2. The van der Waals surface area contributed by atoms with Crippen molar-refractivity contribution in [3.05, 3.63) is 0 Å². The van der Waals surface area contributed by atoms with Gasteiger partial charge in [0.05, 0.1) is 19.3 Å². The molecule has 1 saturated heterocycles. The van der Waals surface area contributed by atoms with Gasteiger partial charge in [-0.15, -0.1) is 0 Å². The summed E-state index contributed by atoms with van der Waals surface area (Å²) in [5.41, 5.74) is 0. The molecule has 0 amide bonds. The minimum atomic E-state index is -0.955. The van der Waals surface area contributed by atoms with Gasteiger partial charge < -0.3 is 20.1 Å². The van der Waals surface area contributed by atoms with E-state index in [1.54, 1.807) is 6.92 Å². The molecule has 66 valence electrons. The van der Waals surface area contributed by atoms with Crippen molar-refractivity contribution in [3.8, 4) is 0 Å². The summed E-state index contributed by atoms with van der Waals surface area (Å²) in [6.07, 6.45) is -2.36. The summed E-state index contributed by atoms with van der Waals surface area (Å²) in [6, 6.07) is 0. The summed E-state index contributed by atoms with van der Waals surface area (Å²) < 4.78 is 5.06. The third kappa shape index (κ3) is 1.70. The van der Waals surface area contributed by atoms with Crippen LogP contribution < -0.4 is 0 Å². The van der Waals surface area contributed by atoms with Crippen molar-refractivity contribution in [2.24, 2.45) is 5.92 Å². The molecule has 11 heavy (non-hydrogen) atoms. The molecule has 1 aliphatic rings. The zero-order valence-corrected chi connectivity index (χ0v) is 6.47. The molecule has 4 heteroatoms. The minimum absolute atomic E-state index is 0.0622. The highest BCUT2D eigenvalue weighted by Crippen LogP contribution is 2.19. The molecule has 0 aliphatic carbocycles. The lowest BCUT2D eigenvalue weighted by Crippen LogP contribution is -2.50. The molecule has 3 N–H and O–H groups in total. The van der Waals surface area contributed by atoms with Gasteiger partial charge in [-0.3, -0.25) is 0 Å². The van der Waals surface area contributed by atoms with Crippen LogP contribution in [0.1, 0.15) is 6.92 Å².